The van der Waals surface area contributed by atoms with Crippen molar-refractivity contribution in [3.8, 4) is 11.5 Å². The first-order valence-corrected chi connectivity index (χ1v) is 9.81. The van der Waals surface area contributed by atoms with E-state index in [1.807, 2.05) is 26.0 Å². The zero-order valence-electron chi connectivity index (χ0n) is 16.2. The van der Waals surface area contributed by atoms with E-state index in [-0.39, 0.29) is 23.8 Å². The molecule has 1 saturated heterocycles. The van der Waals surface area contributed by atoms with Crippen molar-refractivity contribution in [2.24, 2.45) is 11.7 Å². The Bertz CT molecular complexity index is 707. The van der Waals surface area contributed by atoms with E-state index in [0.717, 1.165) is 53.3 Å². The van der Waals surface area contributed by atoms with Gasteiger partial charge < -0.3 is 25.4 Å². The number of nitrogens with one attached hydrogen (secondary N) is 2. The van der Waals surface area contributed by atoms with Crippen LogP contribution in [0.2, 0.25) is 0 Å². The number of benzene rings is 1. The second kappa shape index (κ2) is 8.61. The molecule has 7 nitrogen and oxygen atoms in total. The molecule has 2 aliphatic heterocycles. The summed E-state index contributed by atoms with van der Waals surface area (Å²) < 4.78 is 11.6. The highest BCUT2D eigenvalue weighted by Crippen LogP contribution is 2.35. The molecule has 0 saturated carbocycles. The highest BCUT2D eigenvalue weighted by molar-refractivity contribution is 5.78. The van der Waals surface area contributed by atoms with E-state index in [4.69, 9.17) is 15.2 Å². The molecule has 0 spiro atoms. The zero-order valence-corrected chi connectivity index (χ0v) is 16.2. The summed E-state index contributed by atoms with van der Waals surface area (Å²) in [5, 5.41) is 2.98. The van der Waals surface area contributed by atoms with Crippen molar-refractivity contribution < 1.29 is 24.0 Å². The van der Waals surface area contributed by atoms with Crippen LogP contribution in [-0.2, 0) is 22.6 Å². The lowest BCUT2D eigenvalue weighted by Crippen LogP contribution is -3.14. The molecule has 1 aromatic rings. The number of carbonyl (C=O) groups excluding carboxylic acids is 2. The lowest BCUT2D eigenvalue weighted by atomic mass is 9.97. The molecule has 3 rings (SSSR count). The van der Waals surface area contributed by atoms with Gasteiger partial charge in [0.15, 0.2) is 6.54 Å². The molecule has 0 aromatic heterocycles. The Morgan fingerprint density at radius 3 is 2.96 bits per heavy atom. The number of nitrogens with two attached hydrogens (primary N) is 1. The zero-order chi connectivity index (χ0) is 19.4. The molecule has 1 aromatic carbocycles. The Morgan fingerprint density at radius 1 is 1.41 bits per heavy atom. The van der Waals surface area contributed by atoms with E-state index < -0.39 is 0 Å². The van der Waals surface area contributed by atoms with E-state index in [1.54, 1.807) is 0 Å². The molecule has 0 bridgehead atoms. The fraction of sp³-hybridized carbons (Fsp3) is 0.600. The number of primary amides is 1. The monoisotopic (exact) mass is 376 g/mol. The maximum Gasteiger partial charge on any atom is 0.275 e. The number of fused-ring (bicyclic) bond motifs is 1. The van der Waals surface area contributed by atoms with Crippen molar-refractivity contribution in [2.45, 2.75) is 45.8 Å². The number of ether oxygens (including phenoxy) is 2. The van der Waals surface area contributed by atoms with E-state index in [9.17, 15) is 9.59 Å². The van der Waals surface area contributed by atoms with Crippen LogP contribution in [0, 0.1) is 5.92 Å². The Kier molecular flexibility index (Phi) is 6.21. The molecule has 1 fully saturated rings. The fourth-order valence-electron chi connectivity index (χ4n) is 3.95. The van der Waals surface area contributed by atoms with Crippen molar-refractivity contribution in [3.05, 3.63) is 23.3 Å². The lowest BCUT2D eigenvalue weighted by Gasteiger charge is -2.27. The minimum absolute atomic E-state index is 0.0349. The Labute approximate surface area is 160 Å². The Hall–Kier alpha value is -2.28. The smallest absolute Gasteiger partial charge is 0.275 e. The molecule has 2 amide bonds. The summed E-state index contributed by atoms with van der Waals surface area (Å²) in [5.74, 6) is 1.25. The quantitative estimate of drug-likeness (QED) is 0.614. The summed E-state index contributed by atoms with van der Waals surface area (Å²) in [6.45, 7) is 6.84. The van der Waals surface area contributed by atoms with Crippen molar-refractivity contribution in [2.75, 3.05) is 26.2 Å². The third-order valence-corrected chi connectivity index (χ3v) is 5.29. The number of rotatable bonds is 7. The SMILES string of the molecule is CCOc1cc2c(cc1CNC(=O)C[NH+]1CCC[C@@H](C(N)=O)C1)O[C@H](C)C2. The molecule has 7 heteroatoms. The van der Waals surface area contributed by atoms with E-state index in [2.05, 4.69) is 5.32 Å². The maximum atomic E-state index is 12.4. The van der Waals surface area contributed by atoms with Gasteiger partial charge in [0.1, 0.15) is 17.6 Å². The van der Waals surface area contributed by atoms with Gasteiger partial charge in [-0.05, 0) is 38.8 Å². The number of hydrogen-bond acceptors (Lipinski definition) is 4. The molecule has 3 atom stereocenters. The average molecular weight is 376 g/mol. The van der Waals surface area contributed by atoms with Gasteiger partial charge in [0, 0.05) is 24.1 Å². The highest BCUT2D eigenvalue weighted by Gasteiger charge is 2.28. The Balaban J connectivity index is 1.58. The minimum Gasteiger partial charge on any atom is -0.494 e. The third kappa shape index (κ3) is 4.91. The number of carbonyl (C=O) groups is 2. The summed E-state index contributed by atoms with van der Waals surface area (Å²) in [4.78, 5) is 24.9. The summed E-state index contributed by atoms with van der Waals surface area (Å²) in [6.07, 6.45) is 2.79. The van der Waals surface area contributed by atoms with E-state index in [1.165, 1.54) is 0 Å². The summed E-state index contributed by atoms with van der Waals surface area (Å²) in [5.41, 5.74) is 7.48. The molecule has 148 valence electrons. The molecule has 2 heterocycles. The number of hydrogen-bond donors (Lipinski definition) is 3. The van der Waals surface area contributed by atoms with Crippen LogP contribution < -0.4 is 25.4 Å². The van der Waals surface area contributed by atoms with Gasteiger partial charge in [-0.1, -0.05) is 0 Å². The number of amides is 2. The molecule has 4 N–H and O–H groups in total. The van der Waals surface area contributed by atoms with Gasteiger partial charge in [-0.2, -0.15) is 0 Å². The van der Waals surface area contributed by atoms with E-state index in [0.29, 0.717) is 26.2 Å². The molecular weight excluding hydrogens is 346 g/mol. The van der Waals surface area contributed by atoms with Gasteiger partial charge in [0.2, 0.25) is 5.91 Å². The van der Waals surface area contributed by atoms with Gasteiger partial charge >= 0.3 is 0 Å². The molecule has 0 radical (unpaired) electrons. The summed E-state index contributed by atoms with van der Waals surface area (Å²) in [7, 11) is 0. The topological polar surface area (TPSA) is 95.1 Å². The molecule has 27 heavy (non-hydrogen) atoms. The number of quaternary nitrogens is 1. The minimum atomic E-state index is -0.263. The van der Waals surface area contributed by atoms with Crippen LogP contribution in [0.3, 0.4) is 0 Å². The third-order valence-electron chi connectivity index (χ3n) is 5.29. The summed E-state index contributed by atoms with van der Waals surface area (Å²) >= 11 is 0. The van der Waals surface area contributed by atoms with Crippen molar-refractivity contribution >= 4 is 11.8 Å². The van der Waals surface area contributed by atoms with Gasteiger partial charge in [0.25, 0.3) is 5.91 Å². The predicted octanol–water partition coefficient (Wildman–Crippen LogP) is -0.195. The predicted molar refractivity (Wildman–Crippen MR) is 101 cm³/mol. The van der Waals surface area contributed by atoms with Gasteiger partial charge in [-0.3, -0.25) is 9.59 Å². The van der Waals surface area contributed by atoms with Crippen molar-refractivity contribution in [3.63, 3.8) is 0 Å². The highest BCUT2D eigenvalue weighted by atomic mass is 16.5. The molecular formula is C20H30N3O4+. The van der Waals surface area contributed by atoms with Crippen LogP contribution in [0.4, 0.5) is 0 Å². The Morgan fingerprint density at radius 2 is 2.22 bits per heavy atom. The first kappa shape index (κ1) is 19.5. The lowest BCUT2D eigenvalue weighted by molar-refractivity contribution is -0.899. The second-order valence-electron chi connectivity index (χ2n) is 7.53. The molecule has 0 aliphatic carbocycles. The van der Waals surface area contributed by atoms with Crippen molar-refractivity contribution in [1.82, 2.24) is 5.32 Å². The maximum absolute atomic E-state index is 12.4. The standard InChI is InChI=1S/C20H29N3O4/c1-3-26-17-8-15-7-13(2)27-18(15)9-16(17)10-22-19(24)12-23-6-4-5-14(11-23)20(21)25/h8-9,13-14H,3-7,10-12H2,1-2H3,(H2,21,25)(H,22,24)/p+1/t13-,14-/m1/s1. The van der Waals surface area contributed by atoms with Crippen LogP contribution in [0.25, 0.3) is 0 Å². The first-order chi connectivity index (χ1) is 13.0. The van der Waals surface area contributed by atoms with Gasteiger partial charge in [-0.25, -0.2) is 0 Å². The fourth-order valence-corrected chi connectivity index (χ4v) is 3.95. The molecule has 1 unspecified atom stereocenters. The normalized spacial score (nSPS) is 24.0. The number of likely N-dealkylation sites (tertiary alicyclic amines) is 1. The van der Waals surface area contributed by atoms with Gasteiger partial charge in [0.05, 0.1) is 25.6 Å². The molecule has 2 aliphatic rings. The average Bonchev–Trinajstić information content (AvgIpc) is 2.99. The van der Waals surface area contributed by atoms with Crippen molar-refractivity contribution in [1.29, 1.82) is 0 Å². The van der Waals surface area contributed by atoms with Crippen LogP contribution in [0.5, 0.6) is 11.5 Å². The van der Waals surface area contributed by atoms with Crippen LogP contribution in [-0.4, -0.2) is 44.2 Å². The summed E-state index contributed by atoms with van der Waals surface area (Å²) in [6, 6.07) is 4.00. The first-order valence-electron chi connectivity index (χ1n) is 9.81. The largest absolute Gasteiger partial charge is 0.494 e. The van der Waals surface area contributed by atoms with Crippen LogP contribution in [0.1, 0.15) is 37.8 Å². The second-order valence-corrected chi connectivity index (χ2v) is 7.53. The van der Waals surface area contributed by atoms with Crippen LogP contribution >= 0.6 is 0 Å². The van der Waals surface area contributed by atoms with Crippen LogP contribution in [0.15, 0.2) is 12.1 Å². The van der Waals surface area contributed by atoms with E-state index >= 15 is 0 Å². The van der Waals surface area contributed by atoms with Gasteiger partial charge in [-0.15, -0.1) is 0 Å². The number of piperidine rings is 1.